The fourth-order valence-electron chi connectivity index (χ4n) is 2.33. The second-order valence-corrected chi connectivity index (χ2v) is 5.22. The molecule has 2 nitrogen and oxygen atoms in total. The third-order valence-corrected chi connectivity index (χ3v) is 4.46. The Kier molecular flexibility index (Phi) is 4.46. The summed E-state index contributed by atoms with van der Waals surface area (Å²) in [5, 5.41) is 0.934. The molecule has 1 saturated carbocycles. The van der Waals surface area contributed by atoms with Gasteiger partial charge in [0.15, 0.2) is 0 Å². The van der Waals surface area contributed by atoms with Crippen LogP contribution in [0.5, 0.6) is 5.75 Å². The van der Waals surface area contributed by atoms with Gasteiger partial charge in [-0.05, 0) is 30.5 Å². The summed E-state index contributed by atoms with van der Waals surface area (Å²) >= 11 is 3.59. The molecule has 17 heavy (non-hydrogen) atoms. The highest BCUT2D eigenvalue weighted by atomic mass is 79.9. The van der Waals surface area contributed by atoms with Gasteiger partial charge in [-0.25, -0.2) is 0 Å². The summed E-state index contributed by atoms with van der Waals surface area (Å²) in [5.41, 5.74) is 1.24. The monoisotopic (exact) mass is 298 g/mol. The van der Waals surface area contributed by atoms with Gasteiger partial charge in [0.25, 0.3) is 0 Å². The summed E-state index contributed by atoms with van der Waals surface area (Å²) in [4.78, 5) is 0. The zero-order valence-electron chi connectivity index (χ0n) is 10.2. The SMILES string of the molecule is COc1cccc(COC2(CBr)CCCC2)c1. The predicted octanol–water partition coefficient (Wildman–Crippen LogP) is 3.92. The van der Waals surface area contributed by atoms with Crippen molar-refractivity contribution in [3.8, 4) is 5.75 Å². The highest BCUT2D eigenvalue weighted by Gasteiger charge is 2.33. The van der Waals surface area contributed by atoms with E-state index in [1.165, 1.54) is 31.2 Å². The van der Waals surface area contributed by atoms with E-state index in [1.807, 2.05) is 18.2 Å². The first-order valence-electron chi connectivity index (χ1n) is 6.11. The van der Waals surface area contributed by atoms with E-state index in [4.69, 9.17) is 9.47 Å². The summed E-state index contributed by atoms with van der Waals surface area (Å²) in [5.74, 6) is 0.894. The van der Waals surface area contributed by atoms with E-state index in [9.17, 15) is 0 Å². The van der Waals surface area contributed by atoms with Crippen LogP contribution in [0, 0.1) is 0 Å². The average molecular weight is 299 g/mol. The van der Waals surface area contributed by atoms with E-state index in [0.717, 1.165) is 11.1 Å². The van der Waals surface area contributed by atoms with Crippen molar-refractivity contribution in [3.63, 3.8) is 0 Å². The first-order chi connectivity index (χ1) is 8.28. The van der Waals surface area contributed by atoms with Crippen LogP contribution < -0.4 is 4.74 Å². The molecule has 1 fully saturated rings. The number of hydrogen-bond donors (Lipinski definition) is 0. The lowest BCUT2D eigenvalue weighted by Crippen LogP contribution is -2.30. The van der Waals surface area contributed by atoms with Crippen LogP contribution in [0.3, 0.4) is 0 Å². The van der Waals surface area contributed by atoms with Crippen LogP contribution in [0.15, 0.2) is 24.3 Å². The largest absolute Gasteiger partial charge is 0.497 e. The molecule has 0 amide bonds. The molecule has 0 atom stereocenters. The number of benzene rings is 1. The molecular formula is C14H19BrO2. The molecule has 0 aliphatic heterocycles. The van der Waals surface area contributed by atoms with Crippen molar-refractivity contribution < 1.29 is 9.47 Å². The normalized spacial score (nSPS) is 18.2. The third-order valence-electron chi connectivity index (χ3n) is 3.44. The molecule has 0 N–H and O–H groups in total. The Morgan fingerprint density at radius 1 is 1.29 bits per heavy atom. The van der Waals surface area contributed by atoms with Crippen LogP contribution in [-0.4, -0.2) is 18.0 Å². The molecule has 1 aromatic rings. The van der Waals surface area contributed by atoms with Gasteiger partial charge in [-0.1, -0.05) is 40.9 Å². The van der Waals surface area contributed by atoms with Crippen molar-refractivity contribution in [1.82, 2.24) is 0 Å². The zero-order chi connectivity index (χ0) is 12.1. The van der Waals surface area contributed by atoms with Crippen molar-refractivity contribution in [3.05, 3.63) is 29.8 Å². The summed E-state index contributed by atoms with van der Waals surface area (Å²) in [6.45, 7) is 0.669. The Morgan fingerprint density at radius 2 is 2.06 bits per heavy atom. The highest BCUT2D eigenvalue weighted by molar-refractivity contribution is 9.09. The predicted molar refractivity (Wildman–Crippen MR) is 72.8 cm³/mol. The second kappa shape index (κ2) is 5.87. The van der Waals surface area contributed by atoms with Crippen LogP contribution in [0.2, 0.25) is 0 Å². The quantitative estimate of drug-likeness (QED) is 0.767. The van der Waals surface area contributed by atoms with Gasteiger partial charge < -0.3 is 9.47 Å². The highest BCUT2D eigenvalue weighted by Crippen LogP contribution is 2.35. The summed E-state index contributed by atoms with van der Waals surface area (Å²) < 4.78 is 11.3. The number of methoxy groups -OCH3 is 1. The molecule has 0 heterocycles. The number of halogens is 1. The van der Waals surface area contributed by atoms with Gasteiger partial charge in [-0.2, -0.15) is 0 Å². The standard InChI is InChI=1S/C14H19BrO2/c1-16-13-6-4-5-12(9-13)10-17-14(11-15)7-2-3-8-14/h4-6,9H,2-3,7-8,10-11H2,1H3. The van der Waals surface area contributed by atoms with Crippen molar-refractivity contribution >= 4 is 15.9 Å². The fraction of sp³-hybridized carbons (Fsp3) is 0.571. The molecule has 1 aliphatic carbocycles. The Bertz CT molecular complexity index is 359. The second-order valence-electron chi connectivity index (χ2n) is 4.66. The summed E-state index contributed by atoms with van der Waals surface area (Å²) in [7, 11) is 1.69. The van der Waals surface area contributed by atoms with Gasteiger partial charge in [0, 0.05) is 5.33 Å². The Hall–Kier alpha value is -0.540. The van der Waals surface area contributed by atoms with Gasteiger partial charge in [-0.15, -0.1) is 0 Å². The van der Waals surface area contributed by atoms with E-state index in [-0.39, 0.29) is 5.60 Å². The zero-order valence-corrected chi connectivity index (χ0v) is 11.8. The molecule has 94 valence electrons. The molecule has 0 spiro atoms. The average Bonchev–Trinajstić information content (AvgIpc) is 2.86. The molecule has 3 heteroatoms. The summed E-state index contributed by atoms with van der Waals surface area (Å²) in [6, 6.07) is 8.09. The summed E-state index contributed by atoms with van der Waals surface area (Å²) in [6.07, 6.45) is 4.90. The number of ether oxygens (including phenoxy) is 2. The first-order valence-corrected chi connectivity index (χ1v) is 7.23. The molecule has 0 bridgehead atoms. The topological polar surface area (TPSA) is 18.5 Å². The minimum atomic E-state index is 0.0586. The smallest absolute Gasteiger partial charge is 0.119 e. The Balaban J connectivity index is 1.96. The molecule has 0 saturated heterocycles. The van der Waals surface area contributed by atoms with Gasteiger partial charge >= 0.3 is 0 Å². The molecule has 0 aromatic heterocycles. The maximum atomic E-state index is 6.12. The number of alkyl halides is 1. The van der Waals surface area contributed by atoms with Crippen molar-refractivity contribution in [2.24, 2.45) is 0 Å². The van der Waals surface area contributed by atoms with Gasteiger partial charge in [-0.3, -0.25) is 0 Å². The van der Waals surface area contributed by atoms with Gasteiger partial charge in [0.1, 0.15) is 5.75 Å². The van der Waals surface area contributed by atoms with E-state index < -0.39 is 0 Å². The van der Waals surface area contributed by atoms with Crippen molar-refractivity contribution in [2.45, 2.75) is 37.9 Å². The Labute approximate surface area is 111 Å². The third kappa shape index (κ3) is 3.23. The fourth-order valence-corrected chi connectivity index (χ4v) is 3.06. The van der Waals surface area contributed by atoms with Crippen molar-refractivity contribution in [1.29, 1.82) is 0 Å². The maximum absolute atomic E-state index is 6.12. The Morgan fingerprint density at radius 3 is 2.71 bits per heavy atom. The molecular weight excluding hydrogens is 280 g/mol. The van der Waals surface area contributed by atoms with Gasteiger partial charge in [0.05, 0.1) is 19.3 Å². The maximum Gasteiger partial charge on any atom is 0.119 e. The lowest BCUT2D eigenvalue weighted by atomic mass is 10.1. The van der Waals surface area contributed by atoms with Crippen LogP contribution in [0.1, 0.15) is 31.2 Å². The van der Waals surface area contributed by atoms with Crippen LogP contribution in [0.4, 0.5) is 0 Å². The minimum absolute atomic E-state index is 0.0586. The first kappa shape index (κ1) is 12.9. The van der Waals surface area contributed by atoms with Crippen molar-refractivity contribution in [2.75, 3.05) is 12.4 Å². The van der Waals surface area contributed by atoms with E-state index in [0.29, 0.717) is 6.61 Å². The molecule has 1 aliphatic rings. The molecule has 0 radical (unpaired) electrons. The van der Waals surface area contributed by atoms with E-state index in [2.05, 4.69) is 22.0 Å². The minimum Gasteiger partial charge on any atom is -0.497 e. The lowest BCUT2D eigenvalue weighted by Gasteiger charge is -2.27. The van der Waals surface area contributed by atoms with Gasteiger partial charge in [0.2, 0.25) is 0 Å². The van der Waals surface area contributed by atoms with E-state index in [1.54, 1.807) is 7.11 Å². The van der Waals surface area contributed by atoms with Crippen LogP contribution >= 0.6 is 15.9 Å². The van der Waals surface area contributed by atoms with Crippen LogP contribution in [-0.2, 0) is 11.3 Å². The molecule has 2 rings (SSSR count). The number of hydrogen-bond acceptors (Lipinski definition) is 2. The number of rotatable bonds is 5. The molecule has 1 aromatic carbocycles. The van der Waals surface area contributed by atoms with Crippen LogP contribution in [0.25, 0.3) is 0 Å². The molecule has 0 unspecified atom stereocenters. The van der Waals surface area contributed by atoms with E-state index >= 15 is 0 Å². The lowest BCUT2D eigenvalue weighted by molar-refractivity contribution is -0.0330.